The van der Waals surface area contributed by atoms with Gasteiger partial charge in [-0.3, -0.25) is 4.79 Å². The third-order valence-corrected chi connectivity index (χ3v) is 4.18. The molecule has 18 heavy (non-hydrogen) atoms. The maximum atomic E-state index is 12.3. The van der Waals surface area contributed by atoms with Gasteiger partial charge in [-0.1, -0.05) is 0 Å². The van der Waals surface area contributed by atoms with E-state index in [1.165, 1.54) is 25.7 Å². The minimum Gasteiger partial charge on any atom is -0.346 e. The zero-order valence-corrected chi connectivity index (χ0v) is 11.8. The van der Waals surface area contributed by atoms with Crippen molar-refractivity contribution in [3.8, 4) is 0 Å². The second-order valence-electron chi connectivity index (χ2n) is 5.34. The van der Waals surface area contributed by atoms with Gasteiger partial charge in [0.25, 0.3) is 5.91 Å². The van der Waals surface area contributed by atoms with E-state index in [2.05, 4.69) is 25.8 Å². The lowest BCUT2D eigenvalue weighted by atomic mass is 10.2. The second-order valence-corrected chi connectivity index (χ2v) is 6.25. The molecule has 1 atom stereocenters. The number of nitrogens with two attached hydrogens (primary N) is 1. The van der Waals surface area contributed by atoms with Crippen LogP contribution in [0.4, 0.5) is 0 Å². The van der Waals surface area contributed by atoms with Crippen molar-refractivity contribution in [2.75, 3.05) is 6.54 Å². The van der Waals surface area contributed by atoms with Gasteiger partial charge in [0.05, 0.1) is 0 Å². The summed E-state index contributed by atoms with van der Waals surface area (Å²) in [6, 6.07) is 2.54. The zero-order chi connectivity index (χ0) is 12.7. The highest BCUT2D eigenvalue weighted by molar-refractivity contribution is 9.10. The predicted octanol–water partition coefficient (Wildman–Crippen LogP) is 2.05. The van der Waals surface area contributed by atoms with Crippen LogP contribution in [0.15, 0.2) is 16.7 Å². The number of carbonyl (C=O) groups excluding carboxylic acids is 1. The number of carbonyl (C=O) groups is 1. The molecule has 0 aliphatic heterocycles. The van der Waals surface area contributed by atoms with Crippen molar-refractivity contribution >= 4 is 21.8 Å². The maximum absolute atomic E-state index is 12.3. The summed E-state index contributed by atoms with van der Waals surface area (Å²) in [7, 11) is 0. The van der Waals surface area contributed by atoms with Crippen LogP contribution in [0.5, 0.6) is 0 Å². The lowest BCUT2D eigenvalue weighted by molar-refractivity contribution is 0.0924. The van der Waals surface area contributed by atoms with Gasteiger partial charge in [-0.25, -0.2) is 0 Å². The minimum absolute atomic E-state index is 0.00921. The van der Waals surface area contributed by atoms with Gasteiger partial charge >= 0.3 is 0 Å². The number of nitrogens with one attached hydrogen (secondary N) is 1. The Morgan fingerprint density at radius 3 is 2.78 bits per heavy atom. The molecule has 0 aromatic carbocycles. The molecule has 1 heterocycles. The third kappa shape index (κ3) is 2.47. The molecular formula is C13H18BrN3O. The molecule has 3 rings (SSSR count). The molecule has 2 fully saturated rings. The zero-order valence-electron chi connectivity index (χ0n) is 10.2. The predicted molar refractivity (Wildman–Crippen MR) is 73.4 cm³/mol. The Hall–Kier alpha value is -0.810. The van der Waals surface area contributed by atoms with Crippen LogP contribution < -0.4 is 11.1 Å². The number of hydrogen-bond acceptors (Lipinski definition) is 2. The second kappa shape index (κ2) is 4.70. The third-order valence-electron chi connectivity index (χ3n) is 3.75. The first-order valence-electron chi connectivity index (χ1n) is 6.57. The van der Waals surface area contributed by atoms with Gasteiger partial charge in [-0.2, -0.15) is 0 Å². The summed E-state index contributed by atoms with van der Waals surface area (Å²) in [5.41, 5.74) is 6.48. The first-order chi connectivity index (χ1) is 8.69. The Balaban J connectivity index is 1.74. The van der Waals surface area contributed by atoms with E-state index < -0.39 is 0 Å². The molecule has 1 aromatic rings. The van der Waals surface area contributed by atoms with Gasteiger partial charge in [-0.05, 0) is 53.6 Å². The van der Waals surface area contributed by atoms with Crippen molar-refractivity contribution in [2.45, 2.75) is 37.8 Å². The van der Waals surface area contributed by atoms with Gasteiger partial charge in [-0.15, -0.1) is 0 Å². The van der Waals surface area contributed by atoms with E-state index >= 15 is 0 Å². The van der Waals surface area contributed by atoms with Crippen LogP contribution in [-0.2, 0) is 0 Å². The molecule has 2 saturated carbocycles. The van der Waals surface area contributed by atoms with Gasteiger partial charge in [0.1, 0.15) is 5.69 Å². The van der Waals surface area contributed by atoms with Crippen LogP contribution in [0.25, 0.3) is 0 Å². The Kier molecular flexibility index (Phi) is 3.20. The van der Waals surface area contributed by atoms with E-state index in [1.54, 1.807) is 0 Å². The van der Waals surface area contributed by atoms with Gasteiger partial charge < -0.3 is 15.6 Å². The normalized spacial score (nSPS) is 20.8. The summed E-state index contributed by atoms with van der Waals surface area (Å²) >= 11 is 3.45. The van der Waals surface area contributed by atoms with E-state index in [1.807, 2.05) is 12.3 Å². The van der Waals surface area contributed by atoms with Crippen molar-refractivity contribution in [2.24, 2.45) is 11.7 Å². The van der Waals surface area contributed by atoms with E-state index in [-0.39, 0.29) is 11.9 Å². The number of aromatic nitrogens is 1. The van der Waals surface area contributed by atoms with Crippen molar-refractivity contribution in [1.29, 1.82) is 0 Å². The van der Waals surface area contributed by atoms with Crippen LogP contribution in [0.2, 0.25) is 0 Å². The highest BCUT2D eigenvalue weighted by Gasteiger charge is 2.33. The van der Waals surface area contributed by atoms with E-state index in [0.29, 0.717) is 18.5 Å². The molecule has 4 nitrogen and oxygen atoms in total. The Bertz CT molecular complexity index is 463. The Morgan fingerprint density at radius 2 is 2.22 bits per heavy atom. The number of rotatable bonds is 5. The van der Waals surface area contributed by atoms with Crippen molar-refractivity contribution in [3.05, 3.63) is 22.4 Å². The first-order valence-corrected chi connectivity index (χ1v) is 7.36. The molecule has 1 unspecified atom stereocenters. The monoisotopic (exact) mass is 311 g/mol. The Morgan fingerprint density at radius 1 is 1.50 bits per heavy atom. The van der Waals surface area contributed by atoms with Crippen LogP contribution in [0.3, 0.4) is 0 Å². The van der Waals surface area contributed by atoms with E-state index in [9.17, 15) is 4.79 Å². The number of halogens is 1. The van der Waals surface area contributed by atoms with E-state index in [0.717, 1.165) is 10.2 Å². The van der Waals surface area contributed by atoms with Crippen LogP contribution in [-0.4, -0.2) is 23.1 Å². The summed E-state index contributed by atoms with van der Waals surface area (Å²) in [5, 5.41) is 3.08. The van der Waals surface area contributed by atoms with Crippen LogP contribution >= 0.6 is 15.9 Å². The molecule has 2 aliphatic rings. The molecule has 0 bridgehead atoms. The fourth-order valence-corrected chi connectivity index (χ4v) is 2.83. The topological polar surface area (TPSA) is 60.0 Å². The molecule has 1 amide bonds. The Labute approximate surface area is 115 Å². The van der Waals surface area contributed by atoms with Crippen LogP contribution in [0.1, 0.15) is 42.2 Å². The fraction of sp³-hybridized carbons (Fsp3) is 0.615. The molecule has 0 radical (unpaired) electrons. The number of amides is 1. The summed E-state index contributed by atoms with van der Waals surface area (Å²) in [6.07, 6.45) is 6.72. The standard InChI is InChI=1S/C13H18BrN3O/c14-9-5-12(17(7-9)10-3-4-10)13(18)16-11(6-15)8-1-2-8/h5,7-8,10-11H,1-4,6,15H2,(H,16,18). The highest BCUT2D eigenvalue weighted by atomic mass is 79.9. The number of hydrogen-bond donors (Lipinski definition) is 2. The molecule has 0 saturated heterocycles. The molecule has 5 heteroatoms. The lowest BCUT2D eigenvalue weighted by Gasteiger charge is -2.16. The molecule has 1 aromatic heterocycles. The first kappa shape index (κ1) is 12.2. The van der Waals surface area contributed by atoms with Gasteiger partial charge in [0.15, 0.2) is 0 Å². The fourth-order valence-electron chi connectivity index (χ4n) is 2.39. The van der Waals surface area contributed by atoms with Gasteiger partial charge in [0.2, 0.25) is 0 Å². The molecular weight excluding hydrogens is 294 g/mol. The summed E-state index contributed by atoms with van der Waals surface area (Å²) in [6.45, 7) is 0.529. The van der Waals surface area contributed by atoms with Crippen molar-refractivity contribution < 1.29 is 4.79 Å². The van der Waals surface area contributed by atoms with Crippen LogP contribution in [0, 0.1) is 5.92 Å². The van der Waals surface area contributed by atoms with Crippen molar-refractivity contribution in [1.82, 2.24) is 9.88 Å². The molecule has 0 spiro atoms. The average molecular weight is 312 g/mol. The molecule has 2 aliphatic carbocycles. The minimum atomic E-state index is 0.00921. The van der Waals surface area contributed by atoms with Crippen molar-refractivity contribution in [3.63, 3.8) is 0 Å². The van der Waals surface area contributed by atoms with Gasteiger partial charge in [0, 0.05) is 29.3 Å². The smallest absolute Gasteiger partial charge is 0.268 e. The largest absolute Gasteiger partial charge is 0.346 e. The lowest BCUT2D eigenvalue weighted by Crippen LogP contribution is -2.42. The quantitative estimate of drug-likeness (QED) is 0.874. The SMILES string of the molecule is NCC(NC(=O)c1cc(Br)cn1C1CC1)C1CC1. The maximum Gasteiger partial charge on any atom is 0.268 e. The average Bonchev–Trinajstić information content (AvgIpc) is 3.24. The summed E-state index contributed by atoms with van der Waals surface area (Å²) < 4.78 is 3.05. The van der Waals surface area contributed by atoms with E-state index in [4.69, 9.17) is 5.73 Å². The summed E-state index contributed by atoms with van der Waals surface area (Å²) in [5.74, 6) is 0.599. The summed E-state index contributed by atoms with van der Waals surface area (Å²) in [4.78, 5) is 12.3. The molecule has 98 valence electrons. The highest BCUT2D eigenvalue weighted by Crippen LogP contribution is 2.37. The number of nitrogens with zero attached hydrogens (tertiary/aromatic N) is 1. The molecule has 3 N–H and O–H groups in total.